The van der Waals surface area contributed by atoms with Gasteiger partial charge in [-0.2, -0.15) is 0 Å². The van der Waals surface area contributed by atoms with Gasteiger partial charge in [-0.25, -0.2) is 4.98 Å². The minimum atomic E-state index is -0.312. The Morgan fingerprint density at radius 1 is 1.26 bits per heavy atom. The smallest absolute Gasteiger partial charge is 0.254 e. The van der Waals surface area contributed by atoms with Crippen LogP contribution in [-0.2, 0) is 16.8 Å². The molecule has 7 nitrogen and oxygen atoms in total. The Labute approximate surface area is 161 Å². The summed E-state index contributed by atoms with van der Waals surface area (Å²) in [6, 6.07) is 6.86. The summed E-state index contributed by atoms with van der Waals surface area (Å²) in [5.74, 6) is 1.43. The molecule has 1 atom stereocenters. The van der Waals surface area contributed by atoms with Gasteiger partial charge < -0.3 is 14.8 Å². The van der Waals surface area contributed by atoms with Gasteiger partial charge in [-0.1, -0.05) is 32.5 Å². The number of anilines is 1. The second kappa shape index (κ2) is 6.60. The molecule has 2 aliphatic rings. The lowest BCUT2D eigenvalue weighted by atomic mass is 9.92. The maximum Gasteiger partial charge on any atom is 0.254 e. The van der Waals surface area contributed by atoms with E-state index >= 15 is 0 Å². The summed E-state index contributed by atoms with van der Waals surface area (Å²) in [7, 11) is 0. The number of benzene rings is 1. The Morgan fingerprint density at radius 3 is 2.81 bits per heavy atom. The molecule has 0 aliphatic carbocycles. The van der Waals surface area contributed by atoms with Gasteiger partial charge in [-0.15, -0.1) is 0 Å². The van der Waals surface area contributed by atoms with Gasteiger partial charge in [0.1, 0.15) is 0 Å². The van der Waals surface area contributed by atoms with Crippen molar-refractivity contribution in [3.05, 3.63) is 40.3 Å². The van der Waals surface area contributed by atoms with E-state index in [9.17, 15) is 9.59 Å². The molecule has 3 heterocycles. The van der Waals surface area contributed by atoms with Crippen molar-refractivity contribution in [3.63, 3.8) is 0 Å². The predicted octanol–water partition coefficient (Wildman–Crippen LogP) is 2.63. The normalized spacial score (nSPS) is 18.1. The van der Waals surface area contributed by atoms with Crippen LogP contribution in [0.1, 0.15) is 26.5 Å². The molecule has 0 bridgehead atoms. The van der Waals surface area contributed by atoms with Crippen molar-refractivity contribution in [2.75, 3.05) is 17.9 Å². The van der Waals surface area contributed by atoms with Crippen LogP contribution in [0.4, 0.5) is 5.69 Å². The molecule has 0 unspecified atom stereocenters. The second-order valence-electron chi connectivity index (χ2n) is 7.69. The number of nitrogens with zero attached hydrogens (tertiary/aromatic N) is 2. The molecule has 0 radical (unpaired) electrons. The quantitative estimate of drug-likeness (QED) is 0.798. The molecule has 8 heteroatoms. The molecule has 0 spiro atoms. The van der Waals surface area contributed by atoms with E-state index < -0.39 is 0 Å². The average molecular weight is 387 g/mol. The van der Waals surface area contributed by atoms with E-state index in [4.69, 9.17) is 9.47 Å². The van der Waals surface area contributed by atoms with E-state index in [1.54, 1.807) is 28.8 Å². The van der Waals surface area contributed by atoms with Crippen molar-refractivity contribution >= 4 is 23.4 Å². The number of hydrogen-bond donors (Lipinski definition) is 1. The van der Waals surface area contributed by atoms with Gasteiger partial charge in [0, 0.05) is 35.5 Å². The summed E-state index contributed by atoms with van der Waals surface area (Å²) in [6.07, 6.45) is 0. The van der Waals surface area contributed by atoms with Crippen LogP contribution in [-0.4, -0.2) is 28.0 Å². The number of ether oxygens (including phenoxy) is 2. The zero-order chi connectivity index (χ0) is 19.2. The third-order valence-electron chi connectivity index (χ3n) is 4.57. The van der Waals surface area contributed by atoms with E-state index in [-0.39, 0.29) is 29.6 Å². The van der Waals surface area contributed by atoms with Crippen molar-refractivity contribution in [2.24, 2.45) is 5.92 Å². The van der Waals surface area contributed by atoms with Crippen molar-refractivity contribution in [1.29, 1.82) is 0 Å². The lowest BCUT2D eigenvalue weighted by Gasteiger charge is -2.26. The maximum absolute atomic E-state index is 12.7. The van der Waals surface area contributed by atoms with Crippen LogP contribution in [0.25, 0.3) is 0 Å². The average Bonchev–Trinajstić information content (AvgIpc) is 3.08. The standard InChI is InChI=1S/C19H21N3O4S/c1-19(2,3)15-7-16(23)22-8-11(9-27-18(22)21-15)17(24)20-12-4-5-13-14(6-12)26-10-25-13/h4-7,11H,8-10H2,1-3H3,(H,20,24)/t11-/m0/s1. The molecule has 1 aromatic heterocycles. The predicted molar refractivity (Wildman–Crippen MR) is 103 cm³/mol. The van der Waals surface area contributed by atoms with E-state index in [0.717, 1.165) is 5.69 Å². The number of amides is 1. The third-order valence-corrected chi connectivity index (χ3v) is 5.71. The monoisotopic (exact) mass is 387 g/mol. The third kappa shape index (κ3) is 3.53. The number of thioether (sulfide) groups is 1. The summed E-state index contributed by atoms with van der Waals surface area (Å²) < 4.78 is 12.2. The fraction of sp³-hybridized carbons (Fsp3) is 0.421. The summed E-state index contributed by atoms with van der Waals surface area (Å²) in [5.41, 5.74) is 1.12. The highest BCUT2D eigenvalue weighted by atomic mass is 32.2. The highest BCUT2D eigenvalue weighted by molar-refractivity contribution is 7.99. The summed E-state index contributed by atoms with van der Waals surface area (Å²) in [6.45, 7) is 6.60. The van der Waals surface area contributed by atoms with Crippen LogP contribution in [0.2, 0.25) is 0 Å². The van der Waals surface area contributed by atoms with Gasteiger partial charge in [0.05, 0.1) is 11.6 Å². The Bertz CT molecular complexity index is 964. The van der Waals surface area contributed by atoms with Crippen LogP contribution in [0, 0.1) is 5.92 Å². The molecule has 0 saturated heterocycles. The molecule has 2 aliphatic heterocycles. The Balaban J connectivity index is 1.51. The highest BCUT2D eigenvalue weighted by Gasteiger charge is 2.29. The van der Waals surface area contributed by atoms with E-state index in [2.05, 4.69) is 10.3 Å². The van der Waals surface area contributed by atoms with Crippen LogP contribution in [0.3, 0.4) is 0 Å². The number of carbonyl (C=O) groups is 1. The Hall–Kier alpha value is -2.48. The molecule has 1 N–H and O–H groups in total. The zero-order valence-electron chi connectivity index (χ0n) is 15.4. The highest BCUT2D eigenvalue weighted by Crippen LogP contribution is 2.35. The minimum Gasteiger partial charge on any atom is -0.454 e. The lowest BCUT2D eigenvalue weighted by Crippen LogP contribution is -2.37. The van der Waals surface area contributed by atoms with Crippen LogP contribution >= 0.6 is 11.8 Å². The largest absolute Gasteiger partial charge is 0.454 e. The first kappa shape index (κ1) is 17.9. The van der Waals surface area contributed by atoms with Gasteiger partial charge in [0.15, 0.2) is 16.7 Å². The summed E-state index contributed by atoms with van der Waals surface area (Å²) in [5, 5.41) is 3.58. The maximum atomic E-state index is 12.7. The first-order chi connectivity index (χ1) is 12.8. The van der Waals surface area contributed by atoms with Crippen LogP contribution in [0.15, 0.2) is 34.2 Å². The van der Waals surface area contributed by atoms with E-state index in [1.165, 1.54) is 11.8 Å². The fourth-order valence-electron chi connectivity index (χ4n) is 2.97. The molecule has 4 rings (SSSR count). The van der Waals surface area contributed by atoms with Gasteiger partial charge >= 0.3 is 0 Å². The number of fused-ring (bicyclic) bond motifs is 2. The molecule has 142 valence electrons. The molecular weight excluding hydrogens is 366 g/mol. The Morgan fingerprint density at radius 2 is 2.04 bits per heavy atom. The molecular formula is C19H21N3O4S. The first-order valence-corrected chi connectivity index (χ1v) is 9.75. The van der Waals surface area contributed by atoms with Gasteiger partial charge in [-0.05, 0) is 12.1 Å². The van der Waals surface area contributed by atoms with Crippen molar-refractivity contribution in [3.8, 4) is 11.5 Å². The lowest BCUT2D eigenvalue weighted by molar-refractivity contribution is -0.119. The fourth-order valence-corrected chi connectivity index (χ4v) is 4.06. The number of hydrogen-bond acceptors (Lipinski definition) is 6. The van der Waals surface area contributed by atoms with Gasteiger partial charge in [0.25, 0.3) is 5.56 Å². The summed E-state index contributed by atoms with van der Waals surface area (Å²) >= 11 is 1.45. The van der Waals surface area contributed by atoms with Crippen LogP contribution in [0.5, 0.6) is 11.5 Å². The van der Waals surface area contributed by atoms with E-state index in [1.807, 2.05) is 20.8 Å². The SMILES string of the molecule is CC(C)(C)c1cc(=O)n2c(n1)SC[C@@H](C(=O)Nc1ccc3c(c1)OCO3)C2. The van der Waals surface area contributed by atoms with Crippen molar-refractivity contribution in [1.82, 2.24) is 9.55 Å². The molecule has 27 heavy (non-hydrogen) atoms. The zero-order valence-corrected chi connectivity index (χ0v) is 16.3. The number of nitrogens with one attached hydrogen (secondary N) is 1. The topological polar surface area (TPSA) is 82.5 Å². The van der Waals surface area contributed by atoms with Gasteiger partial charge in [0.2, 0.25) is 12.7 Å². The molecule has 1 aromatic carbocycles. The Kier molecular flexibility index (Phi) is 4.38. The number of carbonyl (C=O) groups excluding carboxylic acids is 1. The van der Waals surface area contributed by atoms with Gasteiger partial charge in [-0.3, -0.25) is 14.2 Å². The second-order valence-corrected chi connectivity index (χ2v) is 8.68. The summed E-state index contributed by atoms with van der Waals surface area (Å²) in [4.78, 5) is 29.8. The van der Waals surface area contributed by atoms with Crippen LogP contribution < -0.4 is 20.3 Å². The van der Waals surface area contributed by atoms with E-state index in [0.29, 0.717) is 34.6 Å². The molecule has 0 fully saturated rings. The van der Waals surface area contributed by atoms with Crippen molar-refractivity contribution in [2.45, 2.75) is 37.9 Å². The minimum absolute atomic E-state index is 0.113. The first-order valence-electron chi connectivity index (χ1n) is 8.77. The molecule has 0 saturated carbocycles. The number of rotatable bonds is 2. The molecule has 2 aromatic rings. The number of aromatic nitrogens is 2. The van der Waals surface area contributed by atoms with Crippen molar-refractivity contribution < 1.29 is 14.3 Å². The molecule has 1 amide bonds.